The standard InChI is InChI=1S/C48H86O6/c1-4-7-9-20-28-38-36-37-39(29-21-14-11-17-25-33-44(49)50)48-43(32-24-16-13-19-27-35-46(53)54)41(30-23-15-12-18-26-34-45(51)52)40(6-3)42(47(38)48)31-22-10-8-5-2/h36-43,47-48H,4-35H2,1-3H3,(H,49,50)(H,51,52)(H,53,54). The third kappa shape index (κ3) is 19.3. The molecule has 8 unspecified atom stereocenters. The van der Waals surface area contributed by atoms with E-state index in [1.165, 1.54) is 128 Å². The van der Waals surface area contributed by atoms with Gasteiger partial charge in [0.05, 0.1) is 0 Å². The molecule has 54 heavy (non-hydrogen) atoms. The minimum atomic E-state index is -0.677. The SMILES string of the molecule is CCCCCCC1C=CC(CCCCCCCC(=O)O)C2C(CCCCCCCC(=O)O)C(CCCCCCCC(=O)O)C(CC)C(CCCCCC)C12. The molecule has 6 nitrogen and oxygen atoms in total. The van der Waals surface area contributed by atoms with Crippen LogP contribution in [-0.2, 0) is 14.4 Å². The van der Waals surface area contributed by atoms with Crippen LogP contribution < -0.4 is 0 Å². The molecular weight excluding hydrogens is 673 g/mol. The van der Waals surface area contributed by atoms with Crippen LogP contribution in [0.4, 0.5) is 0 Å². The van der Waals surface area contributed by atoms with Crippen molar-refractivity contribution in [3.05, 3.63) is 12.2 Å². The molecule has 0 aromatic heterocycles. The van der Waals surface area contributed by atoms with Crippen LogP contribution in [0, 0.1) is 47.3 Å². The van der Waals surface area contributed by atoms with Gasteiger partial charge in [-0.3, -0.25) is 14.4 Å². The highest BCUT2D eigenvalue weighted by Gasteiger charge is 2.53. The third-order valence-corrected chi connectivity index (χ3v) is 13.7. The molecule has 0 spiro atoms. The molecule has 0 saturated heterocycles. The summed E-state index contributed by atoms with van der Waals surface area (Å²) < 4.78 is 0. The highest BCUT2D eigenvalue weighted by Crippen LogP contribution is 2.59. The smallest absolute Gasteiger partial charge is 0.303 e. The zero-order valence-electron chi connectivity index (χ0n) is 35.5. The lowest BCUT2D eigenvalue weighted by Crippen LogP contribution is -2.52. The van der Waals surface area contributed by atoms with E-state index in [4.69, 9.17) is 15.3 Å². The molecule has 3 N–H and O–H groups in total. The summed E-state index contributed by atoms with van der Waals surface area (Å²) in [5, 5.41) is 27.4. The van der Waals surface area contributed by atoms with Crippen molar-refractivity contribution in [2.24, 2.45) is 47.3 Å². The minimum absolute atomic E-state index is 0.288. The van der Waals surface area contributed by atoms with Crippen molar-refractivity contribution in [1.82, 2.24) is 0 Å². The van der Waals surface area contributed by atoms with Crippen molar-refractivity contribution in [2.45, 2.75) is 226 Å². The molecular formula is C48H86O6. The first kappa shape index (κ1) is 48.3. The van der Waals surface area contributed by atoms with E-state index in [0.29, 0.717) is 18.3 Å². The van der Waals surface area contributed by atoms with Crippen molar-refractivity contribution >= 4 is 17.9 Å². The highest BCUT2D eigenvalue weighted by atomic mass is 16.4. The van der Waals surface area contributed by atoms with Crippen molar-refractivity contribution in [3.63, 3.8) is 0 Å². The minimum Gasteiger partial charge on any atom is -0.481 e. The van der Waals surface area contributed by atoms with Crippen LogP contribution in [0.2, 0.25) is 0 Å². The molecule has 2 rings (SSSR count). The summed E-state index contributed by atoms with van der Waals surface area (Å²) in [6.07, 6.45) is 41.1. The second kappa shape index (κ2) is 30.3. The fraction of sp³-hybridized carbons (Fsp3) is 0.896. The van der Waals surface area contributed by atoms with Gasteiger partial charge >= 0.3 is 17.9 Å². The molecule has 0 amide bonds. The van der Waals surface area contributed by atoms with Crippen LogP contribution >= 0.6 is 0 Å². The highest BCUT2D eigenvalue weighted by molar-refractivity contribution is 5.67. The van der Waals surface area contributed by atoms with E-state index in [1.807, 2.05) is 0 Å². The van der Waals surface area contributed by atoms with E-state index in [1.54, 1.807) is 0 Å². The number of fused-ring (bicyclic) bond motifs is 1. The Morgan fingerprint density at radius 3 is 1.02 bits per heavy atom. The summed E-state index contributed by atoms with van der Waals surface area (Å²) in [5.74, 6) is 3.88. The lowest BCUT2D eigenvalue weighted by atomic mass is 9.47. The van der Waals surface area contributed by atoms with Crippen LogP contribution in [0.3, 0.4) is 0 Å². The van der Waals surface area contributed by atoms with Gasteiger partial charge in [0.1, 0.15) is 0 Å². The van der Waals surface area contributed by atoms with Gasteiger partial charge < -0.3 is 15.3 Å². The van der Waals surface area contributed by atoms with Crippen LogP contribution in [0.15, 0.2) is 12.2 Å². The normalized spacial score (nSPS) is 25.1. The Morgan fingerprint density at radius 1 is 0.370 bits per heavy atom. The van der Waals surface area contributed by atoms with Gasteiger partial charge in [-0.05, 0) is 98.7 Å². The molecule has 0 aromatic rings. The molecule has 6 heteroatoms. The molecule has 2 aliphatic carbocycles. The Labute approximate surface area is 332 Å². The van der Waals surface area contributed by atoms with Crippen LogP contribution in [0.5, 0.6) is 0 Å². The van der Waals surface area contributed by atoms with Gasteiger partial charge in [0.25, 0.3) is 0 Å². The van der Waals surface area contributed by atoms with Crippen molar-refractivity contribution in [2.75, 3.05) is 0 Å². The molecule has 0 aromatic carbocycles. The molecule has 8 atom stereocenters. The van der Waals surface area contributed by atoms with E-state index in [0.717, 1.165) is 93.3 Å². The molecule has 314 valence electrons. The summed E-state index contributed by atoms with van der Waals surface area (Å²) in [4.78, 5) is 33.2. The number of hydrogen-bond acceptors (Lipinski definition) is 3. The van der Waals surface area contributed by atoms with Gasteiger partial charge in [-0.25, -0.2) is 0 Å². The van der Waals surface area contributed by atoms with Crippen LogP contribution in [0.1, 0.15) is 226 Å². The first-order valence-corrected chi connectivity index (χ1v) is 23.6. The Kier molecular flexibility index (Phi) is 27.1. The Morgan fingerprint density at radius 2 is 0.667 bits per heavy atom. The Balaban J connectivity index is 2.39. The van der Waals surface area contributed by atoms with Crippen molar-refractivity contribution < 1.29 is 29.7 Å². The van der Waals surface area contributed by atoms with Crippen LogP contribution in [0.25, 0.3) is 0 Å². The van der Waals surface area contributed by atoms with Gasteiger partial charge in [-0.2, -0.15) is 0 Å². The van der Waals surface area contributed by atoms with Gasteiger partial charge in [0.15, 0.2) is 0 Å². The second-order valence-corrected chi connectivity index (χ2v) is 17.7. The van der Waals surface area contributed by atoms with Crippen LogP contribution in [-0.4, -0.2) is 33.2 Å². The predicted octanol–water partition coefficient (Wildman–Crippen LogP) is 14.3. The summed E-state index contributed by atoms with van der Waals surface area (Å²) in [6, 6.07) is 0. The van der Waals surface area contributed by atoms with Gasteiger partial charge in [0.2, 0.25) is 0 Å². The maximum atomic E-state index is 11.1. The van der Waals surface area contributed by atoms with Gasteiger partial charge in [-0.15, -0.1) is 0 Å². The van der Waals surface area contributed by atoms with Crippen molar-refractivity contribution in [1.29, 1.82) is 0 Å². The zero-order valence-corrected chi connectivity index (χ0v) is 35.5. The van der Waals surface area contributed by atoms with E-state index >= 15 is 0 Å². The summed E-state index contributed by atoms with van der Waals surface area (Å²) in [5.41, 5.74) is 0. The number of hydrogen-bond donors (Lipinski definition) is 3. The lowest BCUT2D eigenvalue weighted by molar-refractivity contribution is -0.138. The van der Waals surface area contributed by atoms with Gasteiger partial charge in [-0.1, -0.05) is 168 Å². The molecule has 2 aliphatic rings. The van der Waals surface area contributed by atoms with E-state index in [2.05, 4.69) is 32.9 Å². The average Bonchev–Trinajstić information content (AvgIpc) is 3.14. The summed E-state index contributed by atoms with van der Waals surface area (Å²) >= 11 is 0. The quantitative estimate of drug-likeness (QED) is 0.0438. The maximum absolute atomic E-state index is 11.1. The molecule has 0 aliphatic heterocycles. The fourth-order valence-corrected chi connectivity index (χ4v) is 11.1. The van der Waals surface area contributed by atoms with Gasteiger partial charge in [0, 0.05) is 19.3 Å². The summed E-state index contributed by atoms with van der Waals surface area (Å²) in [6.45, 7) is 7.15. The topological polar surface area (TPSA) is 112 Å². The number of carboxylic acid groups (broad SMARTS) is 3. The molecule has 0 heterocycles. The van der Waals surface area contributed by atoms with Crippen molar-refractivity contribution in [3.8, 4) is 0 Å². The number of allylic oxidation sites excluding steroid dienone is 2. The summed E-state index contributed by atoms with van der Waals surface area (Å²) in [7, 11) is 0. The fourth-order valence-electron chi connectivity index (χ4n) is 11.1. The number of unbranched alkanes of at least 4 members (excludes halogenated alkanes) is 18. The average molecular weight is 759 g/mol. The first-order valence-electron chi connectivity index (χ1n) is 23.6. The third-order valence-electron chi connectivity index (χ3n) is 13.7. The molecule has 0 bridgehead atoms. The number of carbonyl (C=O) groups is 3. The molecule has 1 fully saturated rings. The predicted molar refractivity (Wildman–Crippen MR) is 225 cm³/mol. The molecule has 0 radical (unpaired) electrons. The van der Waals surface area contributed by atoms with E-state index in [9.17, 15) is 14.4 Å². The van der Waals surface area contributed by atoms with E-state index < -0.39 is 17.9 Å². The van der Waals surface area contributed by atoms with E-state index in [-0.39, 0.29) is 12.8 Å². The number of rotatable bonds is 35. The number of aliphatic carboxylic acids is 3. The monoisotopic (exact) mass is 759 g/mol. The Bertz CT molecular complexity index is 1010. The molecule has 1 saturated carbocycles. The lowest BCUT2D eigenvalue weighted by Gasteiger charge is -2.58. The maximum Gasteiger partial charge on any atom is 0.303 e. The second-order valence-electron chi connectivity index (χ2n) is 17.7. The largest absolute Gasteiger partial charge is 0.481 e. The Hall–Kier alpha value is -1.85. The number of carboxylic acids is 3. The first-order chi connectivity index (χ1) is 26.2. The zero-order chi connectivity index (χ0) is 39.4.